The van der Waals surface area contributed by atoms with Crippen molar-refractivity contribution >= 4 is 23.4 Å². The summed E-state index contributed by atoms with van der Waals surface area (Å²) in [7, 11) is 0. The van der Waals surface area contributed by atoms with Gasteiger partial charge in [0.15, 0.2) is 0 Å². The number of benzene rings is 1. The highest BCUT2D eigenvalue weighted by atomic mass is 16.2. The van der Waals surface area contributed by atoms with Crippen molar-refractivity contribution in [1.82, 2.24) is 14.8 Å². The van der Waals surface area contributed by atoms with Crippen molar-refractivity contribution in [3.63, 3.8) is 0 Å². The zero-order valence-corrected chi connectivity index (χ0v) is 17.0. The standard InChI is InChI=1S/C22H26N4O3/c1-15(2)18-6-4-5-7-19(18)24-21(28)20-14-17(8-9-23-20)22(29)26-12-10-25(11-13-26)16(3)27/h4-9,14-15H,10-13H2,1-3H3,(H,24,28). The number of nitrogens with one attached hydrogen (secondary N) is 1. The van der Waals surface area contributed by atoms with Gasteiger partial charge in [0.2, 0.25) is 5.91 Å². The molecule has 0 bridgehead atoms. The molecule has 0 unspecified atom stereocenters. The number of rotatable bonds is 4. The summed E-state index contributed by atoms with van der Waals surface area (Å²) in [6.45, 7) is 7.65. The molecule has 1 fully saturated rings. The molecule has 0 radical (unpaired) electrons. The number of amides is 3. The zero-order chi connectivity index (χ0) is 21.0. The van der Waals surface area contributed by atoms with E-state index in [9.17, 15) is 14.4 Å². The number of piperazine rings is 1. The van der Waals surface area contributed by atoms with E-state index < -0.39 is 0 Å². The lowest BCUT2D eigenvalue weighted by atomic mass is 10.0. The molecule has 0 saturated carbocycles. The second-order valence-corrected chi connectivity index (χ2v) is 7.42. The molecule has 1 saturated heterocycles. The Morgan fingerprint density at radius 1 is 1.00 bits per heavy atom. The van der Waals surface area contributed by atoms with Crippen molar-refractivity contribution < 1.29 is 14.4 Å². The van der Waals surface area contributed by atoms with Gasteiger partial charge in [0.1, 0.15) is 5.69 Å². The first-order valence-corrected chi connectivity index (χ1v) is 9.78. The van der Waals surface area contributed by atoms with E-state index in [0.717, 1.165) is 11.3 Å². The van der Waals surface area contributed by atoms with Crippen LogP contribution in [0.15, 0.2) is 42.6 Å². The quantitative estimate of drug-likeness (QED) is 0.864. The monoisotopic (exact) mass is 394 g/mol. The van der Waals surface area contributed by atoms with Crippen LogP contribution >= 0.6 is 0 Å². The first-order chi connectivity index (χ1) is 13.9. The summed E-state index contributed by atoms with van der Waals surface area (Å²) < 4.78 is 0. The number of hydrogen-bond acceptors (Lipinski definition) is 4. The SMILES string of the molecule is CC(=O)N1CCN(C(=O)c2ccnc(C(=O)Nc3ccccc3C(C)C)c2)CC1. The summed E-state index contributed by atoms with van der Waals surface area (Å²) in [5, 5.41) is 2.90. The second kappa shape index (κ2) is 8.86. The van der Waals surface area contributed by atoms with Gasteiger partial charge in [0, 0.05) is 50.6 Å². The van der Waals surface area contributed by atoms with E-state index in [-0.39, 0.29) is 29.3 Å². The predicted octanol–water partition coefficient (Wildman–Crippen LogP) is 2.76. The Labute approximate surface area is 170 Å². The third-order valence-electron chi connectivity index (χ3n) is 5.08. The molecule has 3 amide bonds. The zero-order valence-electron chi connectivity index (χ0n) is 17.0. The molecule has 0 aliphatic carbocycles. The van der Waals surface area contributed by atoms with Crippen molar-refractivity contribution in [2.24, 2.45) is 0 Å². The van der Waals surface area contributed by atoms with Gasteiger partial charge in [-0.2, -0.15) is 0 Å². The summed E-state index contributed by atoms with van der Waals surface area (Å²) in [6, 6.07) is 10.8. The topological polar surface area (TPSA) is 82.6 Å². The Hall–Kier alpha value is -3.22. The van der Waals surface area contributed by atoms with Crippen LogP contribution in [0.3, 0.4) is 0 Å². The van der Waals surface area contributed by atoms with Crippen LogP contribution in [0.25, 0.3) is 0 Å². The highest BCUT2D eigenvalue weighted by Gasteiger charge is 2.24. The lowest BCUT2D eigenvalue weighted by Gasteiger charge is -2.34. The Morgan fingerprint density at radius 2 is 1.66 bits per heavy atom. The van der Waals surface area contributed by atoms with E-state index in [0.29, 0.717) is 31.7 Å². The van der Waals surface area contributed by atoms with E-state index in [4.69, 9.17) is 0 Å². The van der Waals surface area contributed by atoms with Gasteiger partial charge < -0.3 is 15.1 Å². The van der Waals surface area contributed by atoms with Crippen LogP contribution in [0, 0.1) is 0 Å². The molecule has 2 aromatic rings. The number of nitrogens with zero attached hydrogens (tertiary/aromatic N) is 3. The average molecular weight is 394 g/mol. The Morgan fingerprint density at radius 3 is 2.31 bits per heavy atom. The third-order valence-corrected chi connectivity index (χ3v) is 5.08. The van der Waals surface area contributed by atoms with Crippen LogP contribution in [0.4, 0.5) is 5.69 Å². The van der Waals surface area contributed by atoms with Crippen LogP contribution < -0.4 is 5.32 Å². The minimum Gasteiger partial charge on any atom is -0.339 e. The minimum absolute atomic E-state index is 0.0154. The Kier molecular flexibility index (Phi) is 6.26. The predicted molar refractivity (Wildman–Crippen MR) is 111 cm³/mol. The smallest absolute Gasteiger partial charge is 0.274 e. The van der Waals surface area contributed by atoms with Crippen molar-refractivity contribution in [1.29, 1.82) is 0 Å². The molecule has 1 N–H and O–H groups in total. The molecule has 1 aromatic carbocycles. The molecule has 29 heavy (non-hydrogen) atoms. The maximum absolute atomic E-state index is 12.8. The lowest BCUT2D eigenvalue weighted by Crippen LogP contribution is -2.50. The van der Waals surface area contributed by atoms with Gasteiger partial charge in [0.05, 0.1) is 0 Å². The first kappa shape index (κ1) is 20.5. The fraction of sp³-hybridized carbons (Fsp3) is 0.364. The molecule has 0 atom stereocenters. The third kappa shape index (κ3) is 4.80. The van der Waals surface area contributed by atoms with Crippen LogP contribution in [0.5, 0.6) is 0 Å². The fourth-order valence-electron chi connectivity index (χ4n) is 3.40. The lowest BCUT2D eigenvalue weighted by molar-refractivity contribution is -0.130. The molecule has 1 aromatic heterocycles. The normalized spacial score (nSPS) is 14.1. The largest absolute Gasteiger partial charge is 0.339 e. The molecular weight excluding hydrogens is 368 g/mol. The van der Waals surface area contributed by atoms with E-state index in [2.05, 4.69) is 24.1 Å². The molecule has 0 spiro atoms. The number of carbonyl (C=O) groups excluding carboxylic acids is 3. The fourth-order valence-corrected chi connectivity index (χ4v) is 3.40. The highest BCUT2D eigenvalue weighted by molar-refractivity contribution is 6.05. The Balaban J connectivity index is 1.72. The molecule has 1 aliphatic heterocycles. The van der Waals surface area contributed by atoms with Crippen LogP contribution in [0.2, 0.25) is 0 Å². The summed E-state index contributed by atoms with van der Waals surface area (Å²) in [4.78, 5) is 44.5. The molecule has 7 heteroatoms. The highest BCUT2D eigenvalue weighted by Crippen LogP contribution is 2.24. The van der Waals surface area contributed by atoms with E-state index in [1.807, 2.05) is 24.3 Å². The van der Waals surface area contributed by atoms with Crippen molar-refractivity contribution in [3.8, 4) is 0 Å². The summed E-state index contributed by atoms with van der Waals surface area (Å²) in [6.07, 6.45) is 1.47. The second-order valence-electron chi connectivity index (χ2n) is 7.42. The van der Waals surface area contributed by atoms with Gasteiger partial charge >= 0.3 is 0 Å². The van der Waals surface area contributed by atoms with Crippen molar-refractivity contribution in [2.75, 3.05) is 31.5 Å². The van der Waals surface area contributed by atoms with Crippen LogP contribution in [0.1, 0.15) is 53.1 Å². The molecule has 1 aliphatic rings. The van der Waals surface area contributed by atoms with Gasteiger partial charge in [0.25, 0.3) is 11.8 Å². The number of hydrogen-bond donors (Lipinski definition) is 1. The summed E-state index contributed by atoms with van der Waals surface area (Å²) in [5.74, 6) is -0.232. The van der Waals surface area contributed by atoms with E-state index in [1.165, 1.54) is 19.2 Å². The van der Waals surface area contributed by atoms with Gasteiger partial charge in [-0.05, 0) is 29.7 Å². The van der Waals surface area contributed by atoms with Crippen LogP contribution in [-0.4, -0.2) is 58.7 Å². The van der Waals surface area contributed by atoms with Gasteiger partial charge in [-0.25, -0.2) is 0 Å². The van der Waals surface area contributed by atoms with E-state index in [1.54, 1.807) is 15.9 Å². The van der Waals surface area contributed by atoms with E-state index >= 15 is 0 Å². The maximum atomic E-state index is 12.8. The molecule has 2 heterocycles. The number of para-hydroxylation sites is 1. The Bertz CT molecular complexity index is 918. The number of aromatic nitrogens is 1. The summed E-state index contributed by atoms with van der Waals surface area (Å²) in [5.41, 5.74) is 2.39. The van der Waals surface area contributed by atoms with Crippen LogP contribution in [-0.2, 0) is 4.79 Å². The minimum atomic E-state index is -0.353. The number of pyridine rings is 1. The maximum Gasteiger partial charge on any atom is 0.274 e. The summed E-state index contributed by atoms with van der Waals surface area (Å²) >= 11 is 0. The van der Waals surface area contributed by atoms with Crippen molar-refractivity contribution in [2.45, 2.75) is 26.7 Å². The molecule has 152 valence electrons. The molecule has 3 rings (SSSR count). The van der Waals surface area contributed by atoms with Gasteiger partial charge in [-0.1, -0.05) is 32.0 Å². The number of anilines is 1. The molecular formula is C22H26N4O3. The van der Waals surface area contributed by atoms with Crippen molar-refractivity contribution in [3.05, 3.63) is 59.4 Å². The first-order valence-electron chi connectivity index (χ1n) is 9.78. The molecule has 7 nitrogen and oxygen atoms in total. The number of carbonyl (C=O) groups is 3. The van der Waals surface area contributed by atoms with Gasteiger partial charge in [-0.15, -0.1) is 0 Å². The van der Waals surface area contributed by atoms with Gasteiger partial charge in [-0.3, -0.25) is 19.4 Å². The average Bonchev–Trinajstić information content (AvgIpc) is 2.73.